The normalized spacial score (nSPS) is 11.8. The van der Waals surface area contributed by atoms with Crippen LogP contribution in [0.25, 0.3) is 22.5 Å². The van der Waals surface area contributed by atoms with Crippen LogP contribution in [0.2, 0.25) is 5.02 Å². The van der Waals surface area contributed by atoms with Gasteiger partial charge >= 0.3 is 5.76 Å². The molecule has 0 aliphatic carbocycles. The lowest BCUT2D eigenvalue weighted by atomic mass is 10.2. The molecule has 144 valence electrons. The number of fused-ring (bicyclic) bond motifs is 1. The molecule has 0 aliphatic rings. The maximum Gasteiger partial charge on any atom is 0.417 e. The minimum atomic E-state index is -4.10. The molecule has 0 amide bonds. The van der Waals surface area contributed by atoms with E-state index in [0.717, 1.165) is 0 Å². The van der Waals surface area contributed by atoms with Gasteiger partial charge in [-0.3, -0.25) is 9.71 Å². The van der Waals surface area contributed by atoms with Crippen LogP contribution in [0.15, 0.2) is 55.2 Å². The molecule has 0 fully saturated rings. The van der Waals surface area contributed by atoms with Crippen molar-refractivity contribution in [2.24, 2.45) is 7.05 Å². The van der Waals surface area contributed by atoms with E-state index in [9.17, 15) is 13.2 Å². The first-order valence-corrected chi connectivity index (χ1v) is 10.4. The van der Waals surface area contributed by atoms with Gasteiger partial charge in [-0.1, -0.05) is 23.7 Å². The molecule has 4 aromatic rings. The fourth-order valence-electron chi connectivity index (χ4n) is 2.72. The van der Waals surface area contributed by atoms with Gasteiger partial charge in [0.25, 0.3) is 10.0 Å². The van der Waals surface area contributed by atoms with Gasteiger partial charge in [-0.15, -0.1) is 10.2 Å². The lowest BCUT2D eigenvalue weighted by molar-refractivity contribution is 0.554. The number of nitrogens with one attached hydrogen (secondary N) is 2. The van der Waals surface area contributed by atoms with Crippen molar-refractivity contribution in [3.63, 3.8) is 0 Å². The summed E-state index contributed by atoms with van der Waals surface area (Å²) in [4.78, 5) is 13.6. The third-order valence-corrected chi connectivity index (χ3v) is 6.74. The molecule has 2 aromatic heterocycles. The summed E-state index contributed by atoms with van der Waals surface area (Å²) in [6.45, 7) is 0. The molecule has 0 aliphatic heterocycles. The number of sulfonamides is 1. The number of anilines is 1. The van der Waals surface area contributed by atoms with Gasteiger partial charge in [0.05, 0.1) is 5.52 Å². The van der Waals surface area contributed by atoms with Gasteiger partial charge in [0.1, 0.15) is 16.2 Å². The van der Waals surface area contributed by atoms with Crippen molar-refractivity contribution in [3.8, 4) is 11.4 Å². The van der Waals surface area contributed by atoms with E-state index in [4.69, 9.17) is 16.0 Å². The molecule has 12 heteroatoms. The summed E-state index contributed by atoms with van der Waals surface area (Å²) >= 11 is 9.41. The molecule has 0 unspecified atom stereocenters. The number of H-pyrrole nitrogens is 1. The molecular weight excluding hydrogens is 474 g/mol. The average molecular weight is 485 g/mol. The van der Waals surface area contributed by atoms with Crippen molar-refractivity contribution < 1.29 is 12.8 Å². The molecular formula is C16H11BrClN5O4S. The molecule has 9 nitrogen and oxygen atoms in total. The molecule has 0 atom stereocenters. The van der Waals surface area contributed by atoms with E-state index in [0.29, 0.717) is 17.1 Å². The van der Waals surface area contributed by atoms with Crippen LogP contribution < -0.4 is 10.5 Å². The monoisotopic (exact) mass is 483 g/mol. The lowest BCUT2D eigenvalue weighted by Gasteiger charge is -2.12. The third kappa shape index (κ3) is 3.21. The van der Waals surface area contributed by atoms with Crippen molar-refractivity contribution in [3.05, 3.63) is 56.7 Å². The van der Waals surface area contributed by atoms with Crippen molar-refractivity contribution in [2.75, 3.05) is 4.72 Å². The zero-order valence-electron chi connectivity index (χ0n) is 14.1. The highest BCUT2D eigenvalue weighted by Crippen LogP contribution is 2.36. The van der Waals surface area contributed by atoms with E-state index in [1.165, 1.54) is 6.07 Å². The Hall–Kier alpha value is -2.63. The Bertz CT molecular complexity index is 1380. The molecule has 0 bridgehead atoms. The van der Waals surface area contributed by atoms with Crippen LogP contribution in [0, 0.1) is 0 Å². The van der Waals surface area contributed by atoms with Crippen LogP contribution in [-0.2, 0) is 17.1 Å². The van der Waals surface area contributed by atoms with Gasteiger partial charge in [-0.25, -0.2) is 13.2 Å². The van der Waals surface area contributed by atoms with Gasteiger partial charge in [-0.05, 0) is 34.1 Å². The fourth-order valence-corrected chi connectivity index (χ4v) is 5.63. The minimum Gasteiger partial charge on any atom is -0.406 e. The molecule has 2 heterocycles. The summed E-state index contributed by atoms with van der Waals surface area (Å²) in [6, 6.07) is 8.10. The fraction of sp³-hybridized carbons (Fsp3) is 0.0625. The number of aromatic nitrogens is 4. The summed E-state index contributed by atoms with van der Waals surface area (Å²) < 4.78 is 35.3. The van der Waals surface area contributed by atoms with Crippen molar-refractivity contribution in [2.45, 2.75) is 4.90 Å². The van der Waals surface area contributed by atoms with Gasteiger partial charge in [0, 0.05) is 22.8 Å². The summed E-state index contributed by atoms with van der Waals surface area (Å²) in [6.07, 6.45) is 1.54. The predicted molar refractivity (Wildman–Crippen MR) is 107 cm³/mol. The van der Waals surface area contributed by atoms with Gasteiger partial charge in [0.15, 0.2) is 11.4 Å². The van der Waals surface area contributed by atoms with Gasteiger partial charge in [-0.2, -0.15) is 0 Å². The number of aromatic amines is 1. The van der Waals surface area contributed by atoms with Crippen molar-refractivity contribution >= 4 is 54.3 Å². The van der Waals surface area contributed by atoms with Crippen LogP contribution in [0.3, 0.4) is 0 Å². The molecule has 4 rings (SSSR count). The molecule has 0 spiro atoms. The molecule has 28 heavy (non-hydrogen) atoms. The van der Waals surface area contributed by atoms with Crippen LogP contribution in [0.4, 0.5) is 5.69 Å². The third-order valence-electron chi connectivity index (χ3n) is 3.92. The molecule has 0 saturated heterocycles. The largest absolute Gasteiger partial charge is 0.417 e. The first-order valence-electron chi connectivity index (χ1n) is 7.74. The summed E-state index contributed by atoms with van der Waals surface area (Å²) in [7, 11) is -2.32. The van der Waals surface area contributed by atoms with Crippen molar-refractivity contribution in [1.82, 2.24) is 19.7 Å². The van der Waals surface area contributed by atoms with E-state index >= 15 is 0 Å². The zero-order valence-corrected chi connectivity index (χ0v) is 17.3. The van der Waals surface area contributed by atoms with Crippen LogP contribution in [-0.4, -0.2) is 28.2 Å². The predicted octanol–water partition coefficient (Wildman–Crippen LogP) is 3.13. The zero-order chi connectivity index (χ0) is 20.1. The number of benzene rings is 2. The second-order valence-corrected chi connectivity index (χ2v) is 8.70. The SMILES string of the molecule is Cn1cnnc1-c1cccc(NS(=O)(=O)c2c(Br)cc3[nH]c(=O)oc3c2Cl)c1. The number of hydrogen-bond acceptors (Lipinski definition) is 6. The highest BCUT2D eigenvalue weighted by Gasteiger charge is 2.26. The quantitative estimate of drug-likeness (QED) is 0.459. The van der Waals surface area contributed by atoms with E-state index in [2.05, 4.69) is 35.8 Å². The molecule has 2 aromatic carbocycles. The molecule has 2 N–H and O–H groups in total. The maximum absolute atomic E-state index is 13.0. The Labute approximate surface area is 171 Å². The van der Waals surface area contributed by atoms with Gasteiger partial charge < -0.3 is 8.98 Å². The summed E-state index contributed by atoms with van der Waals surface area (Å²) in [5.74, 6) is -0.154. The molecule has 0 radical (unpaired) electrons. The number of halogens is 2. The Morgan fingerprint density at radius 2 is 2.11 bits per heavy atom. The second kappa shape index (κ2) is 6.76. The Kier molecular flexibility index (Phi) is 4.52. The smallest absolute Gasteiger partial charge is 0.406 e. The standard InChI is InChI=1S/C16H11BrClN5O4S/c1-23-7-19-21-15(23)8-3-2-4-9(5-8)22-28(25,26)14-10(17)6-11-13(12(14)18)27-16(24)20-11/h2-7,22H,1H3,(H,20,24). The van der Waals surface area contributed by atoms with Crippen LogP contribution >= 0.6 is 27.5 Å². The van der Waals surface area contributed by atoms with E-state index < -0.39 is 15.8 Å². The highest BCUT2D eigenvalue weighted by atomic mass is 79.9. The molecule has 0 saturated carbocycles. The van der Waals surface area contributed by atoms with Crippen LogP contribution in [0.5, 0.6) is 0 Å². The Balaban J connectivity index is 1.78. The summed E-state index contributed by atoms with van der Waals surface area (Å²) in [5, 5.41) is 7.62. The van der Waals surface area contributed by atoms with E-state index in [1.807, 2.05) is 0 Å². The Morgan fingerprint density at radius 3 is 2.82 bits per heavy atom. The number of hydrogen-bond donors (Lipinski definition) is 2. The average Bonchev–Trinajstić information content (AvgIpc) is 3.19. The lowest BCUT2D eigenvalue weighted by Crippen LogP contribution is -2.14. The highest BCUT2D eigenvalue weighted by molar-refractivity contribution is 9.10. The number of nitrogens with zero attached hydrogens (tertiary/aromatic N) is 3. The van der Waals surface area contributed by atoms with Gasteiger partial charge in [0.2, 0.25) is 0 Å². The minimum absolute atomic E-state index is 0.0388. The van der Waals surface area contributed by atoms with Crippen LogP contribution in [0.1, 0.15) is 0 Å². The maximum atomic E-state index is 13.0. The van der Waals surface area contributed by atoms with Crippen molar-refractivity contribution in [1.29, 1.82) is 0 Å². The number of aryl methyl sites for hydroxylation is 1. The first-order chi connectivity index (χ1) is 13.3. The Morgan fingerprint density at radius 1 is 1.32 bits per heavy atom. The second-order valence-electron chi connectivity index (χ2n) is 5.84. The first kappa shape index (κ1) is 18.7. The van der Waals surface area contributed by atoms with E-state index in [1.54, 1.807) is 42.2 Å². The topological polar surface area (TPSA) is 123 Å². The summed E-state index contributed by atoms with van der Waals surface area (Å²) in [5.41, 5.74) is 1.23. The number of rotatable bonds is 4. The number of oxazole rings is 1. The van der Waals surface area contributed by atoms with E-state index in [-0.39, 0.29) is 25.5 Å².